The van der Waals surface area contributed by atoms with Crippen molar-refractivity contribution in [2.24, 2.45) is 0 Å². The van der Waals surface area contributed by atoms with Crippen molar-refractivity contribution in [3.63, 3.8) is 0 Å². The number of anilines is 1. The molecule has 1 aromatic carbocycles. The summed E-state index contributed by atoms with van der Waals surface area (Å²) in [5, 5.41) is 3.87. The Hall–Kier alpha value is -2.25. The summed E-state index contributed by atoms with van der Waals surface area (Å²) in [7, 11) is 1.43. The number of benzene rings is 1. The Morgan fingerprint density at radius 2 is 2.05 bits per heavy atom. The Balaban J connectivity index is 2.45. The Morgan fingerprint density at radius 1 is 1.35 bits per heavy atom. The van der Waals surface area contributed by atoms with E-state index in [1.54, 1.807) is 18.2 Å². The van der Waals surface area contributed by atoms with E-state index >= 15 is 0 Å². The number of hydrogen-bond donors (Lipinski definition) is 1. The third kappa shape index (κ3) is 2.84. The standard InChI is InChI=1S/C12H13F3N4O/c1-7-17-11(18-19(7)6-12(13,14)15)8-4-3-5-9(16)10(8)20-2/h3-5H,6,16H2,1-2H3. The summed E-state index contributed by atoms with van der Waals surface area (Å²) < 4.78 is 43.2. The first-order valence-electron chi connectivity index (χ1n) is 5.73. The van der Waals surface area contributed by atoms with Crippen LogP contribution in [0.5, 0.6) is 5.75 Å². The van der Waals surface area contributed by atoms with E-state index in [-0.39, 0.29) is 11.6 Å². The number of nitrogen functional groups attached to an aromatic ring is 1. The lowest BCUT2D eigenvalue weighted by atomic mass is 10.1. The number of hydrogen-bond acceptors (Lipinski definition) is 4. The van der Waals surface area contributed by atoms with E-state index in [1.807, 2.05) is 0 Å². The van der Waals surface area contributed by atoms with E-state index in [0.717, 1.165) is 4.68 Å². The van der Waals surface area contributed by atoms with Crippen molar-refractivity contribution in [2.75, 3.05) is 12.8 Å². The van der Waals surface area contributed by atoms with E-state index in [9.17, 15) is 13.2 Å². The second-order valence-electron chi connectivity index (χ2n) is 4.18. The van der Waals surface area contributed by atoms with Gasteiger partial charge in [0.1, 0.15) is 12.4 Å². The van der Waals surface area contributed by atoms with Gasteiger partial charge in [0, 0.05) is 0 Å². The highest BCUT2D eigenvalue weighted by atomic mass is 19.4. The molecule has 5 nitrogen and oxygen atoms in total. The first-order valence-corrected chi connectivity index (χ1v) is 5.73. The predicted octanol–water partition coefficient (Wildman–Crippen LogP) is 2.41. The van der Waals surface area contributed by atoms with Crippen LogP contribution in [0.4, 0.5) is 18.9 Å². The molecule has 2 rings (SSSR count). The summed E-state index contributed by atoms with van der Waals surface area (Å²) >= 11 is 0. The highest BCUT2D eigenvalue weighted by Crippen LogP contribution is 2.33. The maximum Gasteiger partial charge on any atom is 0.408 e. The van der Waals surface area contributed by atoms with Crippen molar-refractivity contribution in [3.05, 3.63) is 24.0 Å². The lowest BCUT2D eigenvalue weighted by molar-refractivity contribution is -0.143. The van der Waals surface area contributed by atoms with Crippen LogP contribution in [0.15, 0.2) is 18.2 Å². The molecule has 0 atom stereocenters. The van der Waals surface area contributed by atoms with Crippen LogP contribution in [0.25, 0.3) is 11.4 Å². The molecule has 0 radical (unpaired) electrons. The zero-order valence-electron chi connectivity index (χ0n) is 10.9. The Kier molecular flexibility index (Phi) is 3.56. The quantitative estimate of drug-likeness (QED) is 0.880. The van der Waals surface area contributed by atoms with Crippen molar-refractivity contribution in [3.8, 4) is 17.1 Å². The van der Waals surface area contributed by atoms with Gasteiger partial charge in [-0.15, -0.1) is 0 Å². The second-order valence-corrected chi connectivity index (χ2v) is 4.18. The summed E-state index contributed by atoms with van der Waals surface area (Å²) in [6, 6.07) is 4.93. The first kappa shape index (κ1) is 14.2. The van der Waals surface area contributed by atoms with Gasteiger partial charge in [-0.25, -0.2) is 9.67 Å². The number of aromatic nitrogens is 3. The van der Waals surface area contributed by atoms with Gasteiger partial charge in [0.25, 0.3) is 0 Å². The van der Waals surface area contributed by atoms with Gasteiger partial charge in [0.05, 0.1) is 18.4 Å². The molecule has 0 aliphatic carbocycles. The molecule has 0 bridgehead atoms. The van der Waals surface area contributed by atoms with Crippen LogP contribution in [0, 0.1) is 6.92 Å². The third-order valence-electron chi connectivity index (χ3n) is 2.68. The van der Waals surface area contributed by atoms with Gasteiger partial charge in [0.2, 0.25) is 0 Å². The van der Waals surface area contributed by atoms with Crippen LogP contribution < -0.4 is 10.5 Å². The minimum Gasteiger partial charge on any atom is -0.494 e. The smallest absolute Gasteiger partial charge is 0.408 e. The van der Waals surface area contributed by atoms with Gasteiger partial charge in [-0.1, -0.05) is 6.07 Å². The fraction of sp³-hybridized carbons (Fsp3) is 0.333. The molecule has 0 aliphatic heterocycles. The molecule has 0 amide bonds. The number of alkyl halides is 3. The van der Waals surface area contributed by atoms with E-state index < -0.39 is 12.7 Å². The number of rotatable bonds is 3. The van der Waals surface area contributed by atoms with Crippen molar-refractivity contribution in [2.45, 2.75) is 19.6 Å². The third-order valence-corrected chi connectivity index (χ3v) is 2.68. The van der Waals surface area contributed by atoms with Crippen LogP contribution in [-0.2, 0) is 6.54 Å². The Labute approximate surface area is 113 Å². The molecule has 2 N–H and O–H groups in total. The summed E-state index contributed by atoms with van der Waals surface area (Å²) in [5.74, 6) is 0.661. The van der Waals surface area contributed by atoms with E-state index in [1.165, 1.54) is 14.0 Å². The van der Waals surface area contributed by atoms with E-state index in [0.29, 0.717) is 17.0 Å². The summed E-state index contributed by atoms with van der Waals surface area (Å²) in [4.78, 5) is 4.03. The fourth-order valence-electron chi connectivity index (χ4n) is 1.81. The summed E-state index contributed by atoms with van der Waals surface area (Å²) in [5.41, 5.74) is 6.57. The molecule has 108 valence electrons. The van der Waals surface area contributed by atoms with Crippen molar-refractivity contribution < 1.29 is 17.9 Å². The molecule has 1 heterocycles. The number of ether oxygens (including phenoxy) is 1. The SMILES string of the molecule is COc1c(N)cccc1-c1nc(C)n(CC(F)(F)F)n1. The molecular formula is C12H13F3N4O. The molecular weight excluding hydrogens is 273 g/mol. The van der Waals surface area contributed by atoms with Gasteiger partial charge in [-0.2, -0.15) is 18.3 Å². The highest BCUT2D eigenvalue weighted by molar-refractivity contribution is 5.73. The van der Waals surface area contributed by atoms with Crippen LogP contribution in [0.2, 0.25) is 0 Å². The summed E-state index contributed by atoms with van der Waals surface area (Å²) in [6.07, 6.45) is -4.35. The van der Waals surface area contributed by atoms with Gasteiger partial charge < -0.3 is 10.5 Å². The lowest BCUT2D eigenvalue weighted by Gasteiger charge is -2.08. The Bertz CT molecular complexity index is 622. The minimum atomic E-state index is -4.35. The van der Waals surface area contributed by atoms with Crippen LogP contribution in [0.3, 0.4) is 0 Å². The maximum atomic E-state index is 12.4. The molecule has 8 heteroatoms. The average Bonchev–Trinajstić information content (AvgIpc) is 2.68. The lowest BCUT2D eigenvalue weighted by Crippen LogP contribution is -2.19. The molecule has 0 fully saturated rings. The van der Waals surface area contributed by atoms with Crippen molar-refractivity contribution in [1.29, 1.82) is 0 Å². The molecule has 0 saturated carbocycles. The van der Waals surface area contributed by atoms with Crippen LogP contribution in [0.1, 0.15) is 5.82 Å². The Morgan fingerprint density at radius 3 is 2.65 bits per heavy atom. The van der Waals surface area contributed by atoms with E-state index in [2.05, 4.69) is 10.1 Å². The first-order chi connectivity index (χ1) is 9.31. The van der Waals surface area contributed by atoms with Crippen molar-refractivity contribution >= 4 is 5.69 Å². The van der Waals surface area contributed by atoms with Gasteiger partial charge >= 0.3 is 6.18 Å². The largest absolute Gasteiger partial charge is 0.494 e. The molecule has 2 aromatic rings. The van der Waals surface area contributed by atoms with E-state index in [4.69, 9.17) is 10.5 Å². The second kappa shape index (κ2) is 5.03. The van der Waals surface area contributed by atoms with Crippen LogP contribution in [-0.4, -0.2) is 28.1 Å². The molecule has 1 aromatic heterocycles. The zero-order chi connectivity index (χ0) is 14.9. The molecule has 20 heavy (non-hydrogen) atoms. The molecule has 0 spiro atoms. The number of methoxy groups -OCH3 is 1. The van der Waals surface area contributed by atoms with Crippen molar-refractivity contribution in [1.82, 2.24) is 14.8 Å². The van der Waals surface area contributed by atoms with Gasteiger partial charge in [0.15, 0.2) is 11.6 Å². The number of halogens is 3. The molecule has 0 saturated heterocycles. The normalized spacial score (nSPS) is 11.7. The number of nitrogens with zero attached hydrogens (tertiary/aromatic N) is 3. The number of nitrogens with two attached hydrogens (primary N) is 1. The molecule has 0 aliphatic rings. The predicted molar refractivity (Wildman–Crippen MR) is 67.2 cm³/mol. The van der Waals surface area contributed by atoms with Gasteiger partial charge in [-0.3, -0.25) is 0 Å². The van der Waals surface area contributed by atoms with Crippen LogP contribution >= 0.6 is 0 Å². The number of para-hydroxylation sites is 1. The topological polar surface area (TPSA) is 66.0 Å². The fourth-order valence-corrected chi connectivity index (χ4v) is 1.81. The zero-order valence-corrected chi connectivity index (χ0v) is 10.9. The van der Waals surface area contributed by atoms with Gasteiger partial charge in [-0.05, 0) is 19.1 Å². The highest BCUT2D eigenvalue weighted by Gasteiger charge is 2.30. The maximum absolute atomic E-state index is 12.4. The number of aryl methyl sites for hydroxylation is 1. The molecule has 0 unspecified atom stereocenters. The monoisotopic (exact) mass is 286 g/mol. The average molecular weight is 286 g/mol. The summed E-state index contributed by atoms with van der Waals surface area (Å²) in [6.45, 7) is 0.275. The minimum absolute atomic E-state index is 0.149.